The average Bonchev–Trinajstić information content (AvgIpc) is 3.30. The zero-order valence-corrected chi connectivity index (χ0v) is 23.5. The van der Waals surface area contributed by atoms with Crippen LogP contribution in [0.1, 0.15) is 48.9 Å². The summed E-state index contributed by atoms with van der Waals surface area (Å²) in [6.07, 6.45) is 5.89. The fourth-order valence-corrected chi connectivity index (χ4v) is 6.94. The molecule has 0 bridgehead atoms. The van der Waals surface area contributed by atoms with Gasteiger partial charge in [-0.15, -0.1) is 12.4 Å². The molecule has 1 fully saturated rings. The van der Waals surface area contributed by atoms with E-state index in [0.717, 1.165) is 48.9 Å². The Morgan fingerprint density at radius 3 is 2.28 bits per heavy atom. The summed E-state index contributed by atoms with van der Waals surface area (Å²) in [7, 11) is 2.08. The molecule has 10 heteroatoms. The van der Waals surface area contributed by atoms with Crippen LogP contribution >= 0.6 is 23.7 Å². The van der Waals surface area contributed by atoms with E-state index in [1.807, 2.05) is 38.4 Å². The Bertz CT molecular complexity index is 1220. The summed E-state index contributed by atoms with van der Waals surface area (Å²) in [6, 6.07) is 14.2. The van der Waals surface area contributed by atoms with Crippen molar-refractivity contribution in [2.75, 3.05) is 39.1 Å². The molecule has 1 heterocycles. The SMILES string of the molecule is CN(C)CCCN(C(=O)c1ccc(S(=O)(=O)N(C)C2CCCCC2)cc1)c1nc2ccccc2s1.Cl. The monoisotopic (exact) mass is 550 g/mol. The Labute approximate surface area is 224 Å². The molecule has 0 saturated heterocycles. The van der Waals surface area contributed by atoms with Gasteiger partial charge in [-0.25, -0.2) is 13.4 Å². The molecule has 3 aromatic rings. The van der Waals surface area contributed by atoms with Crippen LogP contribution in [0.3, 0.4) is 0 Å². The number of amides is 1. The van der Waals surface area contributed by atoms with E-state index >= 15 is 0 Å². The summed E-state index contributed by atoms with van der Waals surface area (Å²) in [5, 5.41) is 0.656. The fraction of sp³-hybridized carbons (Fsp3) is 0.462. The first kappa shape index (κ1) is 28.5. The normalized spacial score (nSPS) is 14.8. The molecule has 1 saturated carbocycles. The van der Waals surface area contributed by atoms with Crippen LogP contribution in [0.25, 0.3) is 10.2 Å². The smallest absolute Gasteiger partial charge is 0.260 e. The van der Waals surface area contributed by atoms with Crippen molar-refractivity contribution in [1.29, 1.82) is 0 Å². The number of aromatic nitrogens is 1. The van der Waals surface area contributed by atoms with E-state index in [1.165, 1.54) is 22.1 Å². The number of rotatable bonds is 9. The van der Waals surface area contributed by atoms with Crippen molar-refractivity contribution >= 4 is 55.0 Å². The highest BCUT2D eigenvalue weighted by molar-refractivity contribution is 7.89. The Morgan fingerprint density at radius 1 is 0.972 bits per heavy atom. The number of carbonyl (C=O) groups excluding carboxylic acids is 1. The Kier molecular flexibility index (Phi) is 9.88. The fourth-order valence-electron chi connectivity index (χ4n) is 4.54. The highest BCUT2D eigenvalue weighted by atomic mass is 35.5. The largest absolute Gasteiger partial charge is 0.309 e. The van der Waals surface area contributed by atoms with Crippen molar-refractivity contribution in [1.82, 2.24) is 14.2 Å². The van der Waals surface area contributed by atoms with Crippen molar-refractivity contribution in [2.24, 2.45) is 0 Å². The first-order valence-corrected chi connectivity index (χ1v) is 14.4. The van der Waals surface area contributed by atoms with Crippen LogP contribution in [0.5, 0.6) is 0 Å². The first-order valence-electron chi connectivity index (χ1n) is 12.2. The number of carbonyl (C=O) groups is 1. The van der Waals surface area contributed by atoms with Crippen LogP contribution in [0.4, 0.5) is 5.13 Å². The van der Waals surface area contributed by atoms with E-state index in [1.54, 1.807) is 36.2 Å². The number of thiazole rings is 1. The Hall–Kier alpha value is -2.04. The third-order valence-corrected chi connectivity index (χ3v) is 9.60. The predicted octanol–water partition coefficient (Wildman–Crippen LogP) is 5.27. The van der Waals surface area contributed by atoms with E-state index in [-0.39, 0.29) is 29.3 Å². The van der Waals surface area contributed by atoms with E-state index in [0.29, 0.717) is 17.2 Å². The molecule has 2 aromatic carbocycles. The summed E-state index contributed by atoms with van der Waals surface area (Å²) < 4.78 is 28.9. The van der Waals surface area contributed by atoms with E-state index < -0.39 is 10.0 Å². The summed E-state index contributed by atoms with van der Waals surface area (Å²) in [5.41, 5.74) is 1.32. The van der Waals surface area contributed by atoms with Crippen LogP contribution in [0.15, 0.2) is 53.4 Å². The molecule has 1 aliphatic carbocycles. The maximum Gasteiger partial charge on any atom is 0.260 e. The molecule has 0 radical (unpaired) electrons. The van der Waals surface area contributed by atoms with Gasteiger partial charge >= 0.3 is 0 Å². The number of nitrogens with zero attached hydrogens (tertiary/aromatic N) is 4. The lowest BCUT2D eigenvalue weighted by atomic mass is 9.96. The van der Waals surface area contributed by atoms with E-state index in [4.69, 9.17) is 4.98 Å². The van der Waals surface area contributed by atoms with Gasteiger partial charge < -0.3 is 4.90 Å². The number of benzene rings is 2. The number of hydrogen-bond donors (Lipinski definition) is 0. The minimum absolute atomic E-state index is 0. The van der Waals surface area contributed by atoms with Crippen LogP contribution in [-0.2, 0) is 10.0 Å². The van der Waals surface area contributed by atoms with Gasteiger partial charge in [0, 0.05) is 25.2 Å². The molecule has 0 unspecified atom stereocenters. The summed E-state index contributed by atoms with van der Waals surface area (Å²) >= 11 is 1.49. The van der Waals surface area contributed by atoms with Crippen molar-refractivity contribution in [2.45, 2.75) is 49.5 Å². The second-order valence-electron chi connectivity index (χ2n) is 9.42. The van der Waals surface area contributed by atoms with Gasteiger partial charge in [0.05, 0.1) is 15.1 Å². The molecule has 36 heavy (non-hydrogen) atoms. The van der Waals surface area contributed by atoms with E-state index in [9.17, 15) is 13.2 Å². The third-order valence-electron chi connectivity index (χ3n) is 6.61. The molecule has 196 valence electrons. The highest BCUT2D eigenvalue weighted by Crippen LogP contribution is 2.30. The van der Waals surface area contributed by atoms with Gasteiger partial charge in [0.1, 0.15) is 0 Å². The number of fused-ring (bicyclic) bond motifs is 1. The van der Waals surface area contributed by atoms with Gasteiger partial charge in [-0.2, -0.15) is 4.31 Å². The van der Waals surface area contributed by atoms with Crippen molar-refractivity contribution < 1.29 is 13.2 Å². The van der Waals surface area contributed by atoms with Crippen molar-refractivity contribution in [3.05, 3.63) is 54.1 Å². The topological polar surface area (TPSA) is 73.8 Å². The quantitative estimate of drug-likeness (QED) is 0.363. The second-order valence-corrected chi connectivity index (χ2v) is 12.4. The van der Waals surface area contributed by atoms with Gasteiger partial charge in [0.15, 0.2) is 5.13 Å². The lowest BCUT2D eigenvalue weighted by Gasteiger charge is -2.30. The maximum absolute atomic E-state index is 13.6. The van der Waals surface area contributed by atoms with Crippen molar-refractivity contribution in [3.8, 4) is 0 Å². The number of para-hydroxylation sites is 1. The molecule has 0 aliphatic heterocycles. The molecular weight excluding hydrogens is 516 g/mol. The molecule has 1 amide bonds. The number of sulfonamides is 1. The first-order chi connectivity index (χ1) is 16.8. The van der Waals surface area contributed by atoms with Gasteiger partial charge in [-0.3, -0.25) is 9.69 Å². The minimum atomic E-state index is -3.60. The minimum Gasteiger partial charge on any atom is -0.309 e. The zero-order valence-electron chi connectivity index (χ0n) is 21.1. The molecule has 0 N–H and O–H groups in total. The second kappa shape index (κ2) is 12.5. The molecule has 1 aliphatic rings. The van der Waals surface area contributed by atoms with Crippen LogP contribution < -0.4 is 4.90 Å². The van der Waals surface area contributed by atoms with Crippen LogP contribution in [0.2, 0.25) is 0 Å². The highest BCUT2D eigenvalue weighted by Gasteiger charge is 2.29. The Morgan fingerprint density at radius 2 is 1.64 bits per heavy atom. The third kappa shape index (κ3) is 6.44. The van der Waals surface area contributed by atoms with Gasteiger partial charge in [0.25, 0.3) is 5.91 Å². The van der Waals surface area contributed by atoms with Gasteiger partial charge in [0.2, 0.25) is 10.0 Å². The summed E-state index contributed by atoms with van der Waals surface area (Å²) in [4.78, 5) is 22.3. The summed E-state index contributed by atoms with van der Waals surface area (Å²) in [6.45, 7) is 1.38. The molecule has 0 atom stereocenters. The van der Waals surface area contributed by atoms with E-state index in [2.05, 4.69) is 4.90 Å². The Balaban J connectivity index is 0.00000361. The molecule has 4 rings (SSSR count). The van der Waals surface area contributed by atoms with Crippen LogP contribution in [0, 0.1) is 0 Å². The van der Waals surface area contributed by atoms with Gasteiger partial charge in [-0.05, 0) is 76.3 Å². The maximum atomic E-state index is 13.6. The number of hydrogen-bond acceptors (Lipinski definition) is 6. The molecule has 0 spiro atoms. The number of halogens is 1. The lowest BCUT2D eigenvalue weighted by Crippen LogP contribution is -2.38. The predicted molar refractivity (Wildman–Crippen MR) is 150 cm³/mol. The average molecular weight is 551 g/mol. The van der Waals surface area contributed by atoms with Gasteiger partial charge in [-0.1, -0.05) is 42.7 Å². The molecule has 1 aromatic heterocycles. The molecular formula is C26H35ClN4O3S2. The lowest BCUT2D eigenvalue weighted by molar-refractivity contribution is 0.0986. The molecule has 7 nitrogen and oxygen atoms in total. The van der Waals surface area contributed by atoms with Crippen molar-refractivity contribution in [3.63, 3.8) is 0 Å². The summed E-state index contributed by atoms with van der Waals surface area (Å²) in [5.74, 6) is -0.174. The number of anilines is 1. The standard InChI is InChI=1S/C26H34N4O3S2.ClH/c1-28(2)18-9-19-30(26-27-23-12-7-8-13-24(23)34-26)25(31)20-14-16-22(17-15-20)35(32,33)29(3)21-10-5-4-6-11-21;/h7-8,12-17,21H,4-6,9-11,18-19H2,1-3H3;1H. The zero-order chi connectivity index (χ0) is 25.0. The van der Waals surface area contributed by atoms with Crippen LogP contribution in [-0.4, -0.2) is 68.8 Å².